The molecule has 1 unspecified atom stereocenters. The second-order valence-electron chi connectivity index (χ2n) is 4.02. The Bertz CT molecular complexity index is 308. The Labute approximate surface area is 85.2 Å². The van der Waals surface area contributed by atoms with Crippen molar-refractivity contribution >= 4 is 5.69 Å². The van der Waals surface area contributed by atoms with Crippen molar-refractivity contribution in [3.05, 3.63) is 29.8 Å². The van der Waals surface area contributed by atoms with Crippen LogP contribution in [0, 0.1) is 0 Å². The Morgan fingerprint density at radius 2 is 2.07 bits per heavy atom. The zero-order valence-electron chi connectivity index (χ0n) is 8.99. The summed E-state index contributed by atoms with van der Waals surface area (Å²) in [5.74, 6) is 0. The van der Waals surface area contributed by atoms with Gasteiger partial charge in [0.2, 0.25) is 0 Å². The number of nitrogens with two attached hydrogens (primary N) is 1. The number of benzene rings is 1. The first-order chi connectivity index (χ1) is 6.47. The van der Waals surface area contributed by atoms with Crippen LogP contribution in [-0.2, 0) is 5.54 Å². The van der Waals surface area contributed by atoms with Gasteiger partial charge in [0.25, 0.3) is 0 Å². The van der Waals surface area contributed by atoms with Gasteiger partial charge in [0, 0.05) is 19.8 Å². The Morgan fingerprint density at radius 3 is 2.57 bits per heavy atom. The summed E-state index contributed by atoms with van der Waals surface area (Å²) in [4.78, 5) is 2.01. The van der Waals surface area contributed by atoms with Gasteiger partial charge in [0.15, 0.2) is 0 Å². The minimum absolute atomic E-state index is 0.0517. The van der Waals surface area contributed by atoms with Gasteiger partial charge in [-0.1, -0.05) is 12.1 Å². The third-order valence-corrected chi connectivity index (χ3v) is 2.35. The van der Waals surface area contributed by atoms with Gasteiger partial charge in [-0.2, -0.15) is 0 Å². The van der Waals surface area contributed by atoms with Crippen LogP contribution >= 0.6 is 0 Å². The standard InChI is InChI=1S/C11H18N2O/c1-11(12,8-14)9-5-4-6-10(7-9)13(2)3/h4-7,14H,8,12H2,1-3H3. The molecule has 0 aliphatic rings. The highest BCUT2D eigenvalue weighted by atomic mass is 16.3. The van der Waals surface area contributed by atoms with Crippen molar-refractivity contribution < 1.29 is 5.11 Å². The summed E-state index contributed by atoms with van der Waals surface area (Å²) in [6.45, 7) is 1.77. The lowest BCUT2D eigenvalue weighted by molar-refractivity contribution is 0.210. The number of anilines is 1. The summed E-state index contributed by atoms with van der Waals surface area (Å²) in [7, 11) is 3.96. The summed E-state index contributed by atoms with van der Waals surface area (Å²) >= 11 is 0. The third-order valence-electron chi connectivity index (χ3n) is 2.35. The maximum Gasteiger partial charge on any atom is 0.0650 e. The van der Waals surface area contributed by atoms with Crippen molar-refractivity contribution in [3.8, 4) is 0 Å². The molecule has 3 N–H and O–H groups in total. The molecule has 0 aliphatic carbocycles. The topological polar surface area (TPSA) is 49.5 Å². The zero-order valence-corrected chi connectivity index (χ0v) is 8.99. The molecule has 0 spiro atoms. The maximum absolute atomic E-state index is 9.14. The molecule has 0 radical (unpaired) electrons. The lowest BCUT2D eigenvalue weighted by Gasteiger charge is -2.24. The van der Waals surface area contributed by atoms with Gasteiger partial charge < -0.3 is 15.7 Å². The molecule has 0 bridgehead atoms. The van der Waals surface area contributed by atoms with Crippen LogP contribution in [0.25, 0.3) is 0 Å². The molecule has 1 atom stereocenters. The average Bonchev–Trinajstić information content (AvgIpc) is 2.18. The van der Waals surface area contributed by atoms with Crippen molar-refractivity contribution in [1.29, 1.82) is 0 Å². The molecular formula is C11H18N2O. The molecule has 1 aromatic carbocycles. The Kier molecular flexibility index (Phi) is 3.13. The Balaban J connectivity index is 3.05. The number of rotatable bonds is 3. The smallest absolute Gasteiger partial charge is 0.0650 e. The predicted molar refractivity (Wildman–Crippen MR) is 59.4 cm³/mol. The fourth-order valence-corrected chi connectivity index (χ4v) is 1.23. The minimum atomic E-state index is -0.661. The monoisotopic (exact) mass is 194 g/mol. The van der Waals surface area contributed by atoms with Crippen LogP contribution in [0.2, 0.25) is 0 Å². The van der Waals surface area contributed by atoms with Gasteiger partial charge in [0.05, 0.1) is 12.1 Å². The molecule has 0 amide bonds. The predicted octanol–water partition coefficient (Wildman–Crippen LogP) is 0.919. The van der Waals surface area contributed by atoms with Gasteiger partial charge in [-0.15, -0.1) is 0 Å². The Morgan fingerprint density at radius 1 is 1.43 bits per heavy atom. The van der Waals surface area contributed by atoms with Crippen LogP contribution in [0.15, 0.2) is 24.3 Å². The van der Waals surface area contributed by atoms with E-state index < -0.39 is 5.54 Å². The number of aliphatic hydroxyl groups is 1. The molecule has 78 valence electrons. The lowest BCUT2D eigenvalue weighted by atomic mass is 9.94. The summed E-state index contributed by atoms with van der Waals surface area (Å²) in [5.41, 5.74) is 7.32. The number of aliphatic hydroxyl groups excluding tert-OH is 1. The van der Waals surface area contributed by atoms with Crippen molar-refractivity contribution in [2.45, 2.75) is 12.5 Å². The van der Waals surface area contributed by atoms with E-state index in [2.05, 4.69) is 0 Å². The fourth-order valence-electron chi connectivity index (χ4n) is 1.23. The molecule has 14 heavy (non-hydrogen) atoms. The van der Waals surface area contributed by atoms with Crippen molar-refractivity contribution in [3.63, 3.8) is 0 Å². The van der Waals surface area contributed by atoms with E-state index in [1.165, 1.54) is 0 Å². The van der Waals surface area contributed by atoms with Crippen LogP contribution in [0.4, 0.5) is 5.69 Å². The van der Waals surface area contributed by atoms with Gasteiger partial charge in [0.1, 0.15) is 0 Å². The molecule has 0 saturated carbocycles. The quantitative estimate of drug-likeness (QED) is 0.752. The van der Waals surface area contributed by atoms with Crippen molar-refractivity contribution in [2.75, 3.05) is 25.6 Å². The SMILES string of the molecule is CN(C)c1cccc(C(C)(N)CO)c1. The molecule has 0 heterocycles. The highest BCUT2D eigenvalue weighted by Gasteiger charge is 2.19. The number of hydrogen-bond acceptors (Lipinski definition) is 3. The van der Waals surface area contributed by atoms with E-state index in [1.54, 1.807) is 0 Å². The van der Waals surface area contributed by atoms with Gasteiger partial charge >= 0.3 is 0 Å². The maximum atomic E-state index is 9.14. The normalized spacial score (nSPS) is 14.9. The fraction of sp³-hybridized carbons (Fsp3) is 0.455. The largest absolute Gasteiger partial charge is 0.394 e. The summed E-state index contributed by atoms with van der Waals surface area (Å²) < 4.78 is 0. The molecule has 3 heteroatoms. The van der Waals surface area contributed by atoms with Gasteiger partial charge in [-0.3, -0.25) is 0 Å². The van der Waals surface area contributed by atoms with Crippen LogP contribution in [0.3, 0.4) is 0 Å². The first-order valence-electron chi connectivity index (χ1n) is 4.65. The number of hydrogen-bond donors (Lipinski definition) is 2. The van der Waals surface area contributed by atoms with Gasteiger partial charge in [-0.25, -0.2) is 0 Å². The highest BCUT2D eigenvalue weighted by molar-refractivity contribution is 5.48. The molecule has 1 rings (SSSR count). The molecule has 0 saturated heterocycles. The highest BCUT2D eigenvalue weighted by Crippen LogP contribution is 2.21. The third kappa shape index (κ3) is 2.25. The lowest BCUT2D eigenvalue weighted by Crippen LogP contribution is -2.37. The van der Waals surface area contributed by atoms with Crippen LogP contribution in [-0.4, -0.2) is 25.8 Å². The number of nitrogens with zero attached hydrogens (tertiary/aromatic N) is 1. The molecule has 0 aromatic heterocycles. The molecule has 0 fully saturated rings. The van der Waals surface area contributed by atoms with E-state index >= 15 is 0 Å². The van der Waals surface area contributed by atoms with E-state index in [4.69, 9.17) is 10.8 Å². The second-order valence-corrected chi connectivity index (χ2v) is 4.02. The van der Waals surface area contributed by atoms with Crippen LogP contribution in [0.5, 0.6) is 0 Å². The van der Waals surface area contributed by atoms with E-state index in [-0.39, 0.29) is 6.61 Å². The van der Waals surface area contributed by atoms with E-state index in [9.17, 15) is 0 Å². The van der Waals surface area contributed by atoms with Gasteiger partial charge in [-0.05, 0) is 24.6 Å². The molecule has 0 aliphatic heterocycles. The first kappa shape index (κ1) is 11.0. The van der Waals surface area contributed by atoms with E-state index in [0.717, 1.165) is 11.3 Å². The summed E-state index contributed by atoms with van der Waals surface area (Å²) in [5, 5.41) is 9.14. The molecule has 3 nitrogen and oxygen atoms in total. The van der Waals surface area contributed by atoms with E-state index in [0.29, 0.717) is 0 Å². The van der Waals surface area contributed by atoms with Crippen LogP contribution < -0.4 is 10.6 Å². The Hall–Kier alpha value is -1.06. The second kappa shape index (κ2) is 3.98. The minimum Gasteiger partial charge on any atom is -0.394 e. The first-order valence-corrected chi connectivity index (χ1v) is 4.65. The molecular weight excluding hydrogens is 176 g/mol. The van der Waals surface area contributed by atoms with E-state index in [1.807, 2.05) is 50.2 Å². The summed E-state index contributed by atoms with van der Waals surface area (Å²) in [6, 6.07) is 7.89. The summed E-state index contributed by atoms with van der Waals surface area (Å²) in [6.07, 6.45) is 0. The van der Waals surface area contributed by atoms with Crippen LogP contribution in [0.1, 0.15) is 12.5 Å². The molecule has 1 aromatic rings. The van der Waals surface area contributed by atoms with Crippen molar-refractivity contribution in [1.82, 2.24) is 0 Å². The van der Waals surface area contributed by atoms with Crippen molar-refractivity contribution in [2.24, 2.45) is 5.73 Å². The average molecular weight is 194 g/mol. The zero-order chi connectivity index (χ0) is 10.8.